The molecule has 0 spiro atoms. The number of pyridine rings is 1. The van der Waals surface area contributed by atoms with Gasteiger partial charge in [-0.3, -0.25) is 0 Å². The molecule has 2 rings (SSSR count). The molecule has 1 aromatic heterocycles. The predicted molar refractivity (Wildman–Crippen MR) is 62.4 cm³/mol. The van der Waals surface area contributed by atoms with Gasteiger partial charge in [-0.05, 0) is 40.2 Å². The minimum atomic E-state index is -0.427. The van der Waals surface area contributed by atoms with E-state index in [-0.39, 0.29) is 10.8 Å². The number of benzene rings is 1. The summed E-state index contributed by atoms with van der Waals surface area (Å²) in [5, 5.41) is 0.230. The first-order valence-electron chi connectivity index (χ1n) is 4.39. The lowest BCUT2D eigenvalue weighted by atomic mass is 10.4. The van der Waals surface area contributed by atoms with Gasteiger partial charge < -0.3 is 0 Å². The Morgan fingerprint density at radius 1 is 1.19 bits per heavy atom. The van der Waals surface area contributed by atoms with E-state index < -0.39 is 5.82 Å². The molecule has 0 saturated carbocycles. The summed E-state index contributed by atoms with van der Waals surface area (Å²) < 4.78 is 26.9. The van der Waals surface area contributed by atoms with Gasteiger partial charge in [0, 0.05) is 15.6 Å². The van der Waals surface area contributed by atoms with Crippen molar-refractivity contribution in [2.45, 2.75) is 9.92 Å². The number of nitrogens with zero attached hydrogens (tertiary/aromatic N) is 1. The molecule has 1 nitrogen and oxygen atoms in total. The van der Waals surface area contributed by atoms with E-state index in [0.717, 1.165) is 11.8 Å². The van der Waals surface area contributed by atoms with E-state index in [2.05, 4.69) is 20.9 Å². The lowest BCUT2D eigenvalue weighted by Crippen LogP contribution is -1.86. The molecule has 0 saturated heterocycles. The summed E-state index contributed by atoms with van der Waals surface area (Å²) >= 11 is 4.21. The topological polar surface area (TPSA) is 12.9 Å². The minimum absolute atomic E-state index is 0.230. The summed E-state index contributed by atoms with van der Waals surface area (Å²) in [5.74, 6) is -0.772. The van der Waals surface area contributed by atoms with Crippen molar-refractivity contribution >= 4 is 27.7 Å². The molecular formula is C11H6BrF2NS. The van der Waals surface area contributed by atoms with Crippen LogP contribution in [0.1, 0.15) is 0 Å². The third-order valence-corrected chi connectivity index (χ3v) is 3.20. The highest BCUT2D eigenvalue weighted by Crippen LogP contribution is 2.29. The van der Waals surface area contributed by atoms with Crippen molar-refractivity contribution in [3.05, 3.63) is 52.6 Å². The van der Waals surface area contributed by atoms with Crippen LogP contribution in [0.2, 0.25) is 0 Å². The first-order valence-corrected chi connectivity index (χ1v) is 6.00. The van der Waals surface area contributed by atoms with Gasteiger partial charge >= 0.3 is 0 Å². The van der Waals surface area contributed by atoms with Crippen LogP contribution < -0.4 is 0 Å². The van der Waals surface area contributed by atoms with E-state index >= 15 is 0 Å². The van der Waals surface area contributed by atoms with Crippen LogP contribution in [0.25, 0.3) is 0 Å². The fourth-order valence-corrected chi connectivity index (χ4v) is 2.23. The summed E-state index contributed by atoms with van der Waals surface area (Å²) in [5.41, 5.74) is 0. The van der Waals surface area contributed by atoms with E-state index in [9.17, 15) is 8.78 Å². The Morgan fingerprint density at radius 3 is 2.69 bits per heavy atom. The Labute approximate surface area is 104 Å². The Morgan fingerprint density at radius 2 is 2.00 bits per heavy atom. The SMILES string of the molecule is Fc1cccc(Sc2ncc(Br)cc2F)c1. The zero-order chi connectivity index (χ0) is 11.5. The molecule has 0 bridgehead atoms. The molecule has 82 valence electrons. The number of hydrogen-bond donors (Lipinski definition) is 0. The van der Waals surface area contributed by atoms with Crippen LogP contribution in [0.15, 0.2) is 50.9 Å². The van der Waals surface area contributed by atoms with Crippen LogP contribution in [0.4, 0.5) is 8.78 Å². The molecule has 1 heterocycles. The fraction of sp³-hybridized carbons (Fsp3) is 0. The minimum Gasteiger partial charge on any atom is -0.245 e. The largest absolute Gasteiger partial charge is 0.245 e. The van der Waals surface area contributed by atoms with Gasteiger partial charge in [-0.25, -0.2) is 13.8 Å². The van der Waals surface area contributed by atoms with Crippen LogP contribution >= 0.6 is 27.7 Å². The smallest absolute Gasteiger partial charge is 0.156 e. The quantitative estimate of drug-likeness (QED) is 0.821. The maximum Gasteiger partial charge on any atom is 0.156 e. The van der Waals surface area contributed by atoms with E-state index in [1.165, 1.54) is 24.4 Å². The van der Waals surface area contributed by atoms with Crippen molar-refractivity contribution in [1.82, 2.24) is 4.98 Å². The molecule has 0 N–H and O–H groups in total. The number of halogens is 3. The van der Waals surface area contributed by atoms with Gasteiger partial charge in [0.1, 0.15) is 10.8 Å². The number of rotatable bonds is 2. The van der Waals surface area contributed by atoms with Crippen molar-refractivity contribution in [3.8, 4) is 0 Å². The van der Waals surface area contributed by atoms with Crippen LogP contribution in [0.3, 0.4) is 0 Å². The predicted octanol–water partition coefficient (Wildman–Crippen LogP) is 4.27. The third kappa shape index (κ3) is 2.80. The second kappa shape index (κ2) is 4.93. The highest BCUT2D eigenvalue weighted by atomic mass is 79.9. The molecule has 2 aromatic rings. The van der Waals surface area contributed by atoms with Crippen LogP contribution in [-0.4, -0.2) is 4.98 Å². The second-order valence-corrected chi connectivity index (χ2v) is 4.98. The van der Waals surface area contributed by atoms with E-state index in [0.29, 0.717) is 9.37 Å². The van der Waals surface area contributed by atoms with Gasteiger partial charge in [-0.15, -0.1) is 0 Å². The normalized spacial score (nSPS) is 10.4. The highest BCUT2D eigenvalue weighted by molar-refractivity contribution is 9.10. The molecule has 5 heteroatoms. The molecule has 0 fully saturated rings. The Kier molecular flexibility index (Phi) is 3.56. The molecule has 0 aliphatic heterocycles. The van der Waals surface area contributed by atoms with E-state index in [1.807, 2.05) is 0 Å². The van der Waals surface area contributed by atoms with Gasteiger partial charge in [0.2, 0.25) is 0 Å². The van der Waals surface area contributed by atoms with Crippen LogP contribution in [-0.2, 0) is 0 Å². The van der Waals surface area contributed by atoms with Gasteiger partial charge in [-0.1, -0.05) is 17.8 Å². The van der Waals surface area contributed by atoms with Crippen molar-refractivity contribution in [2.75, 3.05) is 0 Å². The standard InChI is InChI=1S/C11H6BrF2NS/c12-7-4-10(14)11(15-6-7)16-9-3-1-2-8(13)5-9/h1-6H. The molecule has 0 aliphatic rings. The first kappa shape index (κ1) is 11.5. The van der Waals surface area contributed by atoms with Gasteiger partial charge in [0.15, 0.2) is 5.82 Å². The van der Waals surface area contributed by atoms with Crippen LogP contribution in [0, 0.1) is 11.6 Å². The summed E-state index contributed by atoms with van der Waals surface area (Å²) in [6.07, 6.45) is 1.50. The molecule has 0 amide bonds. The van der Waals surface area contributed by atoms with Crippen molar-refractivity contribution < 1.29 is 8.78 Å². The molecule has 0 radical (unpaired) electrons. The summed E-state index contributed by atoms with van der Waals surface area (Å²) in [6.45, 7) is 0. The van der Waals surface area contributed by atoms with E-state index in [1.54, 1.807) is 12.1 Å². The van der Waals surface area contributed by atoms with Crippen molar-refractivity contribution in [3.63, 3.8) is 0 Å². The average molecular weight is 302 g/mol. The Bertz CT molecular complexity index is 519. The zero-order valence-electron chi connectivity index (χ0n) is 7.95. The summed E-state index contributed by atoms with van der Waals surface area (Å²) in [7, 11) is 0. The van der Waals surface area contributed by atoms with Gasteiger partial charge in [0.25, 0.3) is 0 Å². The monoisotopic (exact) mass is 301 g/mol. The maximum atomic E-state index is 13.4. The molecular weight excluding hydrogens is 296 g/mol. The average Bonchev–Trinajstić information content (AvgIpc) is 2.22. The molecule has 0 aliphatic carbocycles. The lowest BCUT2D eigenvalue weighted by Gasteiger charge is -2.02. The summed E-state index contributed by atoms with van der Waals surface area (Å²) in [6, 6.07) is 7.29. The number of hydrogen-bond acceptors (Lipinski definition) is 2. The molecule has 1 aromatic carbocycles. The van der Waals surface area contributed by atoms with Gasteiger partial charge in [-0.2, -0.15) is 0 Å². The fourth-order valence-electron chi connectivity index (χ4n) is 1.12. The van der Waals surface area contributed by atoms with Crippen molar-refractivity contribution in [1.29, 1.82) is 0 Å². The second-order valence-electron chi connectivity index (χ2n) is 3.00. The molecule has 0 unspecified atom stereocenters. The first-order chi connectivity index (χ1) is 7.65. The highest BCUT2D eigenvalue weighted by Gasteiger charge is 2.06. The maximum absolute atomic E-state index is 13.4. The van der Waals surface area contributed by atoms with E-state index in [4.69, 9.17) is 0 Å². The number of aromatic nitrogens is 1. The summed E-state index contributed by atoms with van der Waals surface area (Å²) in [4.78, 5) is 4.54. The molecule has 0 atom stereocenters. The van der Waals surface area contributed by atoms with Crippen molar-refractivity contribution in [2.24, 2.45) is 0 Å². The Balaban J connectivity index is 2.27. The third-order valence-electron chi connectivity index (χ3n) is 1.78. The van der Waals surface area contributed by atoms with Gasteiger partial charge in [0.05, 0.1) is 0 Å². The lowest BCUT2D eigenvalue weighted by molar-refractivity contribution is 0.586. The molecule has 16 heavy (non-hydrogen) atoms. The van der Waals surface area contributed by atoms with Crippen LogP contribution in [0.5, 0.6) is 0 Å². The Hall–Kier alpha value is -0.940. The zero-order valence-corrected chi connectivity index (χ0v) is 10.4.